The number of thiol groups is 1. The Morgan fingerprint density at radius 3 is 2.03 bits per heavy atom. The van der Waals surface area contributed by atoms with E-state index in [1.165, 1.54) is 7.05 Å². The van der Waals surface area contributed by atoms with Gasteiger partial charge in [0.05, 0.1) is 13.0 Å². The Hall–Kier alpha value is -3.23. The maximum atomic E-state index is 10.8. The largest absolute Gasteiger partial charge is 0.497 e. The fraction of sp³-hybridized carbons (Fsp3) is 0.143. The molecule has 7 N–H and O–H groups in total. The van der Waals surface area contributed by atoms with Gasteiger partial charge in [0, 0.05) is 11.4 Å². The molecule has 0 aromatic heterocycles. The van der Waals surface area contributed by atoms with Gasteiger partial charge in [-0.3, -0.25) is 9.79 Å². The number of primary amides is 1. The topological polar surface area (TPSA) is 129 Å². The zero-order valence-corrected chi connectivity index (χ0v) is 17.9. The van der Waals surface area contributed by atoms with Gasteiger partial charge in [-0.25, -0.2) is 0 Å². The van der Waals surface area contributed by atoms with Gasteiger partial charge < -0.3 is 27.3 Å². The Labute approximate surface area is 178 Å². The predicted octanol–water partition coefficient (Wildman–Crippen LogP) is 3.17. The molecule has 7 nitrogen and oxygen atoms in total. The number of nitrogens with two attached hydrogens (primary N) is 3. The summed E-state index contributed by atoms with van der Waals surface area (Å²) in [6, 6.07) is 14.7. The van der Waals surface area contributed by atoms with E-state index < -0.39 is 5.91 Å². The van der Waals surface area contributed by atoms with E-state index in [0.29, 0.717) is 11.6 Å². The first kappa shape index (κ1) is 28.0. The van der Waals surface area contributed by atoms with Crippen molar-refractivity contribution in [1.29, 1.82) is 0 Å². The normalized spacial score (nSPS) is 9.17. The van der Waals surface area contributed by atoms with Crippen molar-refractivity contribution in [2.24, 2.45) is 16.5 Å². The number of anilines is 2. The molecule has 0 bridgehead atoms. The van der Waals surface area contributed by atoms with Crippen LogP contribution in [0.25, 0.3) is 6.08 Å². The fourth-order valence-electron chi connectivity index (χ4n) is 1.74. The number of ether oxygens (including phenoxy) is 1. The van der Waals surface area contributed by atoms with Crippen molar-refractivity contribution < 1.29 is 9.53 Å². The summed E-state index contributed by atoms with van der Waals surface area (Å²) < 4.78 is 5.00. The molecule has 0 saturated carbocycles. The van der Waals surface area contributed by atoms with Crippen molar-refractivity contribution in [3.8, 4) is 5.75 Å². The van der Waals surface area contributed by atoms with Gasteiger partial charge in [0.2, 0.25) is 0 Å². The molecule has 0 atom stereocenters. The molecule has 2 aromatic carbocycles. The highest BCUT2D eigenvalue weighted by Gasteiger charge is 2.00. The van der Waals surface area contributed by atoms with Gasteiger partial charge in [-0.15, -0.1) is 13.2 Å². The minimum absolute atomic E-state index is 0.134. The van der Waals surface area contributed by atoms with Crippen LogP contribution < -0.4 is 27.3 Å². The lowest BCUT2D eigenvalue weighted by molar-refractivity contribution is -0.114. The maximum Gasteiger partial charge on any atom is 0.267 e. The van der Waals surface area contributed by atoms with Gasteiger partial charge in [-0.05, 0) is 61.8 Å². The molecule has 0 radical (unpaired) electrons. The first-order valence-electron chi connectivity index (χ1n) is 8.40. The summed E-state index contributed by atoms with van der Waals surface area (Å²) >= 11 is 4.04. The zero-order valence-electron chi connectivity index (χ0n) is 17.0. The van der Waals surface area contributed by atoms with Crippen molar-refractivity contribution in [1.82, 2.24) is 0 Å². The molecule has 0 fully saturated rings. The maximum absolute atomic E-state index is 10.8. The summed E-state index contributed by atoms with van der Waals surface area (Å²) in [5.41, 5.74) is 17.7. The molecule has 0 aliphatic rings. The summed E-state index contributed by atoms with van der Waals surface area (Å²) in [5.74, 6) is 0.915. The zero-order chi connectivity index (χ0) is 22.7. The highest BCUT2D eigenvalue weighted by atomic mass is 32.1. The number of aliphatic imine (C=N–C) groups is 1. The molecule has 2 aromatic rings. The van der Waals surface area contributed by atoms with Crippen LogP contribution in [-0.4, -0.2) is 32.7 Å². The van der Waals surface area contributed by atoms with Crippen LogP contribution in [0.1, 0.15) is 5.56 Å². The Bertz CT molecular complexity index is 732. The third-order valence-corrected chi connectivity index (χ3v) is 3.19. The van der Waals surface area contributed by atoms with Crippen molar-refractivity contribution in [2.45, 2.75) is 0 Å². The van der Waals surface area contributed by atoms with Crippen LogP contribution in [0.4, 0.5) is 11.4 Å². The molecule has 0 heterocycles. The molecule has 0 unspecified atom stereocenters. The number of benzene rings is 2. The van der Waals surface area contributed by atoms with E-state index in [2.05, 4.69) is 48.5 Å². The smallest absolute Gasteiger partial charge is 0.267 e. The van der Waals surface area contributed by atoms with Crippen LogP contribution in [-0.2, 0) is 4.79 Å². The third-order valence-electron chi connectivity index (χ3n) is 3.04. The Balaban J connectivity index is 0. The van der Waals surface area contributed by atoms with Gasteiger partial charge >= 0.3 is 0 Å². The lowest BCUT2D eigenvalue weighted by Crippen LogP contribution is -2.12. The average Bonchev–Trinajstić information content (AvgIpc) is 2.77. The summed E-state index contributed by atoms with van der Waals surface area (Å²) in [7, 11) is 3.15. The van der Waals surface area contributed by atoms with E-state index >= 15 is 0 Å². The van der Waals surface area contributed by atoms with E-state index in [9.17, 15) is 4.79 Å². The molecule has 0 spiro atoms. The molecular formula is C21H31N5O2S. The minimum Gasteiger partial charge on any atom is -0.497 e. The number of nitrogens with zero attached hydrogens (tertiary/aromatic N) is 1. The number of hydrogen-bond donors (Lipinski definition) is 5. The van der Waals surface area contributed by atoms with E-state index in [1.807, 2.05) is 24.3 Å². The minimum atomic E-state index is -0.600. The number of carbonyl (C=O) groups excluding carboxylic acids is 1. The number of rotatable bonds is 6. The molecule has 8 heteroatoms. The van der Waals surface area contributed by atoms with Crippen LogP contribution in [0.15, 0.2) is 72.4 Å². The van der Waals surface area contributed by atoms with E-state index in [4.69, 9.17) is 16.2 Å². The van der Waals surface area contributed by atoms with E-state index in [1.54, 1.807) is 37.5 Å². The first-order chi connectivity index (χ1) is 14.0. The highest BCUT2D eigenvalue weighted by Crippen LogP contribution is 2.14. The second kappa shape index (κ2) is 18.1. The van der Waals surface area contributed by atoms with Gasteiger partial charge in [0.15, 0.2) is 0 Å². The molecule has 2 rings (SSSR count). The van der Waals surface area contributed by atoms with Crippen molar-refractivity contribution >= 4 is 42.7 Å². The fourth-order valence-corrected chi connectivity index (χ4v) is 1.93. The number of carbonyl (C=O) groups is 1. The average molecular weight is 418 g/mol. The number of methoxy groups -OCH3 is 1. The summed E-state index contributed by atoms with van der Waals surface area (Å²) in [6.45, 7) is 9.25. The quantitative estimate of drug-likeness (QED) is 0.123. The summed E-state index contributed by atoms with van der Waals surface area (Å²) in [6.07, 6.45) is 1.55. The number of hydrogen-bond acceptors (Lipinski definition) is 7. The van der Waals surface area contributed by atoms with Crippen molar-refractivity contribution in [3.05, 3.63) is 72.9 Å². The molecule has 0 aliphatic heterocycles. The molecule has 0 saturated heterocycles. The van der Waals surface area contributed by atoms with Crippen molar-refractivity contribution in [2.75, 3.05) is 31.1 Å². The van der Waals surface area contributed by atoms with Gasteiger partial charge in [0.1, 0.15) is 11.4 Å². The van der Waals surface area contributed by atoms with Crippen LogP contribution in [0, 0.1) is 0 Å². The molecule has 29 heavy (non-hydrogen) atoms. The highest BCUT2D eigenvalue weighted by molar-refractivity contribution is 7.80. The monoisotopic (exact) mass is 417 g/mol. The van der Waals surface area contributed by atoms with E-state index in [-0.39, 0.29) is 5.70 Å². The third kappa shape index (κ3) is 12.7. The Morgan fingerprint density at radius 1 is 1.14 bits per heavy atom. The van der Waals surface area contributed by atoms with Crippen LogP contribution >= 0.6 is 12.6 Å². The lowest BCUT2D eigenvalue weighted by atomic mass is 10.2. The molecule has 0 aliphatic carbocycles. The predicted molar refractivity (Wildman–Crippen MR) is 129 cm³/mol. The van der Waals surface area contributed by atoms with Crippen molar-refractivity contribution in [3.63, 3.8) is 0 Å². The summed E-state index contributed by atoms with van der Waals surface area (Å²) in [4.78, 5) is 14.3. The van der Waals surface area contributed by atoms with Gasteiger partial charge in [0.25, 0.3) is 5.91 Å². The number of amides is 1. The first-order valence-corrected chi connectivity index (χ1v) is 9.03. The van der Waals surface area contributed by atoms with Gasteiger partial charge in [-0.2, -0.15) is 12.6 Å². The van der Waals surface area contributed by atoms with E-state index in [0.717, 1.165) is 17.0 Å². The number of nitrogen functional groups attached to an aromatic ring is 1. The molecular weight excluding hydrogens is 386 g/mol. The second-order valence-corrected chi connectivity index (χ2v) is 5.10. The molecule has 158 valence electrons. The second-order valence-electron chi connectivity index (χ2n) is 4.78. The SMILES string of the molecule is C=C.C=N/C(=C/c1ccc(N)cc1)C(N)=O.CN.COc1ccc(NCS)cc1. The standard InChI is InChI=1S/C10H11N3O.C8H11NOS.C2H4.CH5N/c1-13-9(10(12)14)6-7-2-4-8(11)5-3-7;1-10-8-4-2-7(3-5-8)9-6-11;2*1-2/h2-6H,1,11H2,(H2,12,14);2-5,9,11H,6H2,1H3;1-2H2;2H2,1H3/b9-6+;;;. The number of nitrogens with one attached hydrogen (secondary N) is 1. The summed E-state index contributed by atoms with van der Waals surface area (Å²) in [5, 5.41) is 3.07. The van der Waals surface area contributed by atoms with Crippen LogP contribution in [0.2, 0.25) is 0 Å². The Kier molecular flexibility index (Phi) is 17.5. The lowest BCUT2D eigenvalue weighted by Gasteiger charge is -2.03. The molecule has 1 amide bonds. The van der Waals surface area contributed by atoms with Gasteiger partial charge in [-0.1, -0.05) is 12.1 Å². The Morgan fingerprint density at radius 2 is 1.66 bits per heavy atom. The van der Waals surface area contributed by atoms with Crippen LogP contribution in [0.5, 0.6) is 5.75 Å². The van der Waals surface area contributed by atoms with Crippen LogP contribution in [0.3, 0.4) is 0 Å².